The number of aliphatic hydroxyl groups is 1. The molecule has 0 aromatic heterocycles. The van der Waals surface area contributed by atoms with Crippen LogP contribution < -0.4 is 0 Å². The first-order valence-corrected chi connectivity index (χ1v) is 8.30. The lowest BCUT2D eigenvalue weighted by atomic mass is 9.87. The number of aliphatic hydroxyl groups excluding tert-OH is 1. The summed E-state index contributed by atoms with van der Waals surface area (Å²) in [5, 5.41) is 10.4. The van der Waals surface area contributed by atoms with Crippen molar-refractivity contribution in [3.63, 3.8) is 0 Å². The number of likely N-dealkylation sites (tertiary alicyclic amines) is 1. The summed E-state index contributed by atoms with van der Waals surface area (Å²) in [5.41, 5.74) is -0.833. The van der Waals surface area contributed by atoms with Crippen LogP contribution >= 0.6 is 0 Å². The summed E-state index contributed by atoms with van der Waals surface area (Å²) in [6.45, 7) is 6.30. The van der Waals surface area contributed by atoms with E-state index >= 15 is 0 Å². The van der Waals surface area contributed by atoms with Crippen LogP contribution in [0.4, 0.5) is 18.0 Å². The number of alkyl halides is 3. The highest BCUT2D eigenvalue weighted by Gasteiger charge is 2.32. The van der Waals surface area contributed by atoms with Gasteiger partial charge < -0.3 is 14.7 Å². The lowest BCUT2D eigenvalue weighted by molar-refractivity contribution is -0.137. The number of piperidine rings is 1. The molecule has 0 saturated carbocycles. The molecule has 0 spiro atoms. The Bertz CT molecular complexity index is 585. The molecule has 0 unspecified atom stereocenters. The van der Waals surface area contributed by atoms with Crippen LogP contribution in [0, 0.1) is 5.92 Å². The zero-order valence-corrected chi connectivity index (χ0v) is 14.6. The molecule has 1 amide bonds. The van der Waals surface area contributed by atoms with E-state index in [4.69, 9.17) is 4.74 Å². The maximum absolute atomic E-state index is 12.6. The molecule has 1 N–H and O–H groups in total. The molecular formula is C18H24F3NO3. The van der Waals surface area contributed by atoms with Gasteiger partial charge in [0.15, 0.2) is 0 Å². The lowest BCUT2D eigenvalue weighted by Crippen LogP contribution is -2.42. The fourth-order valence-corrected chi connectivity index (χ4v) is 2.87. The minimum absolute atomic E-state index is 0.101. The number of hydrogen-bond acceptors (Lipinski definition) is 3. The van der Waals surface area contributed by atoms with E-state index in [0.717, 1.165) is 12.1 Å². The number of ether oxygens (including phenoxy) is 1. The third-order valence-corrected chi connectivity index (χ3v) is 4.22. The Kier molecular flexibility index (Phi) is 5.66. The minimum Gasteiger partial charge on any atom is -0.444 e. The van der Waals surface area contributed by atoms with Gasteiger partial charge in [-0.1, -0.05) is 12.1 Å². The quantitative estimate of drug-likeness (QED) is 0.852. The number of carbonyl (C=O) groups is 1. The minimum atomic E-state index is -4.39. The third kappa shape index (κ3) is 5.36. The molecule has 140 valence electrons. The molecule has 4 nitrogen and oxygen atoms in total. The molecule has 1 aromatic carbocycles. The van der Waals surface area contributed by atoms with Gasteiger partial charge in [-0.3, -0.25) is 0 Å². The summed E-state index contributed by atoms with van der Waals surface area (Å²) in [6.07, 6.45) is -4.47. The molecule has 1 aliphatic heterocycles. The summed E-state index contributed by atoms with van der Waals surface area (Å²) in [6, 6.07) is 4.59. The van der Waals surface area contributed by atoms with Crippen molar-refractivity contribution in [3.05, 3.63) is 35.4 Å². The largest absolute Gasteiger partial charge is 0.444 e. The molecule has 1 fully saturated rings. The molecule has 0 bridgehead atoms. The van der Waals surface area contributed by atoms with E-state index in [2.05, 4.69) is 0 Å². The normalized spacial score (nSPS) is 18.1. The number of carbonyl (C=O) groups excluding carboxylic acids is 1. The van der Waals surface area contributed by atoms with E-state index in [1.807, 2.05) is 0 Å². The van der Waals surface area contributed by atoms with Crippen molar-refractivity contribution in [2.75, 3.05) is 13.1 Å². The second-order valence-corrected chi connectivity index (χ2v) is 7.37. The second-order valence-electron chi connectivity index (χ2n) is 7.37. The van der Waals surface area contributed by atoms with Gasteiger partial charge in [0.25, 0.3) is 0 Å². The lowest BCUT2D eigenvalue weighted by Gasteiger charge is -2.35. The highest BCUT2D eigenvalue weighted by atomic mass is 19.4. The molecule has 1 aromatic rings. The monoisotopic (exact) mass is 359 g/mol. The molecule has 1 atom stereocenters. The number of benzene rings is 1. The fourth-order valence-electron chi connectivity index (χ4n) is 2.87. The van der Waals surface area contributed by atoms with Crippen molar-refractivity contribution in [2.45, 2.75) is 51.5 Å². The van der Waals surface area contributed by atoms with E-state index < -0.39 is 23.4 Å². The van der Waals surface area contributed by atoms with Gasteiger partial charge in [0, 0.05) is 13.1 Å². The summed E-state index contributed by atoms with van der Waals surface area (Å²) in [5.74, 6) is -0.101. The van der Waals surface area contributed by atoms with E-state index in [-0.39, 0.29) is 12.0 Å². The fraction of sp³-hybridized carbons (Fsp3) is 0.611. The molecule has 1 heterocycles. The van der Waals surface area contributed by atoms with Crippen LogP contribution in [-0.2, 0) is 10.9 Å². The first kappa shape index (κ1) is 19.6. The topological polar surface area (TPSA) is 49.8 Å². The molecular weight excluding hydrogens is 335 g/mol. The molecule has 0 radical (unpaired) electrons. The van der Waals surface area contributed by atoms with E-state index in [1.165, 1.54) is 12.1 Å². The van der Waals surface area contributed by atoms with Gasteiger partial charge in [0.2, 0.25) is 0 Å². The Balaban J connectivity index is 1.93. The second kappa shape index (κ2) is 7.23. The smallest absolute Gasteiger partial charge is 0.416 e. The molecule has 7 heteroatoms. The van der Waals surface area contributed by atoms with Crippen LogP contribution in [0.25, 0.3) is 0 Å². The predicted molar refractivity (Wildman–Crippen MR) is 86.9 cm³/mol. The highest BCUT2D eigenvalue weighted by Crippen LogP contribution is 2.34. The zero-order valence-electron chi connectivity index (χ0n) is 14.6. The van der Waals surface area contributed by atoms with E-state index in [0.29, 0.717) is 31.5 Å². The van der Waals surface area contributed by atoms with Crippen LogP contribution in [0.15, 0.2) is 24.3 Å². The van der Waals surface area contributed by atoms with Crippen molar-refractivity contribution >= 4 is 6.09 Å². The van der Waals surface area contributed by atoms with Gasteiger partial charge in [-0.05, 0) is 57.2 Å². The van der Waals surface area contributed by atoms with Gasteiger partial charge in [0.1, 0.15) is 5.60 Å². The van der Waals surface area contributed by atoms with Crippen LogP contribution in [0.1, 0.15) is 50.8 Å². The van der Waals surface area contributed by atoms with Gasteiger partial charge in [-0.2, -0.15) is 13.2 Å². The van der Waals surface area contributed by atoms with Crippen LogP contribution in [0.2, 0.25) is 0 Å². The Morgan fingerprint density at radius 3 is 2.12 bits per heavy atom. The van der Waals surface area contributed by atoms with Gasteiger partial charge in [0.05, 0.1) is 11.7 Å². The maximum atomic E-state index is 12.6. The number of rotatable bonds is 2. The summed E-state index contributed by atoms with van der Waals surface area (Å²) < 4.78 is 43.1. The highest BCUT2D eigenvalue weighted by molar-refractivity contribution is 5.68. The van der Waals surface area contributed by atoms with Crippen LogP contribution in [0.3, 0.4) is 0 Å². The van der Waals surface area contributed by atoms with Crippen LogP contribution in [0.5, 0.6) is 0 Å². The van der Waals surface area contributed by atoms with Crippen molar-refractivity contribution in [3.8, 4) is 0 Å². The third-order valence-electron chi connectivity index (χ3n) is 4.22. The predicted octanol–water partition coefficient (Wildman–Crippen LogP) is 4.39. The van der Waals surface area contributed by atoms with Crippen molar-refractivity contribution in [2.24, 2.45) is 5.92 Å². The maximum Gasteiger partial charge on any atom is 0.416 e. The van der Waals surface area contributed by atoms with Crippen LogP contribution in [-0.4, -0.2) is 34.8 Å². The zero-order chi connectivity index (χ0) is 18.8. The summed E-state index contributed by atoms with van der Waals surface area (Å²) >= 11 is 0. The van der Waals surface area contributed by atoms with Gasteiger partial charge in [-0.25, -0.2) is 4.79 Å². The van der Waals surface area contributed by atoms with E-state index in [1.54, 1.807) is 25.7 Å². The standard InChI is InChI=1S/C18H24F3NO3/c1-17(2,3)25-16(24)22-10-8-13(9-11-22)15(23)12-4-6-14(7-5-12)18(19,20)21/h4-7,13,15,23H,8-11H2,1-3H3/t15-/m1/s1. The molecule has 1 aliphatic rings. The van der Waals surface area contributed by atoms with Gasteiger partial charge in [-0.15, -0.1) is 0 Å². The summed E-state index contributed by atoms with van der Waals surface area (Å²) in [7, 11) is 0. The average Bonchev–Trinajstić information content (AvgIpc) is 2.52. The SMILES string of the molecule is CC(C)(C)OC(=O)N1CCC([C@H](O)c2ccc(C(F)(F)F)cc2)CC1. The molecule has 1 saturated heterocycles. The molecule has 0 aliphatic carbocycles. The van der Waals surface area contributed by atoms with E-state index in [9.17, 15) is 23.1 Å². The van der Waals surface area contributed by atoms with Crippen molar-refractivity contribution in [1.82, 2.24) is 4.90 Å². The number of halogens is 3. The van der Waals surface area contributed by atoms with Crippen molar-refractivity contribution < 1.29 is 27.8 Å². The molecule has 2 rings (SSSR count). The Morgan fingerprint density at radius 2 is 1.68 bits per heavy atom. The number of hydrogen-bond donors (Lipinski definition) is 1. The van der Waals surface area contributed by atoms with Crippen molar-refractivity contribution in [1.29, 1.82) is 0 Å². The Hall–Kier alpha value is -1.76. The first-order valence-electron chi connectivity index (χ1n) is 8.30. The number of nitrogens with zero attached hydrogens (tertiary/aromatic N) is 1. The Labute approximate surface area is 145 Å². The van der Waals surface area contributed by atoms with Gasteiger partial charge >= 0.3 is 12.3 Å². The summed E-state index contributed by atoms with van der Waals surface area (Å²) in [4.78, 5) is 13.6. The molecule has 25 heavy (non-hydrogen) atoms. The average molecular weight is 359 g/mol. The Morgan fingerprint density at radius 1 is 1.16 bits per heavy atom. The first-order chi connectivity index (χ1) is 11.5. The number of amides is 1.